The fraction of sp³-hybridized carbons (Fsp3) is 0.462. The van der Waals surface area contributed by atoms with E-state index in [9.17, 15) is 8.42 Å². The van der Waals surface area contributed by atoms with Crippen LogP contribution in [-0.2, 0) is 9.84 Å². The largest absolute Gasteiger partial charge is 0.309 e. The van der Waals surface area contributed by atoms with Crippen molar-refractivity contribution in [2.75, 3.05) is 18.6 Å². The first-order chi connectivity index (χ1) is 8.53. The minimum atomic E-state index is -2.90. The summed E-state index contributed by atoms with van der Waals surface area (Å²) in [5.74, 6) is 0.175. The summed E-state index contributed by atoms with van der Waals surface area (Å²) in [5, 5.41) is 12.0. The third-order valence-electron chi connectivity index (χ3n) is 2.58. The van der Waals surface area contributed by atoms with E-state index < -0.39 is 9.84 Å². The molecule has 0 fully saturated rings. The molecule has 0 saturated heterocycles. The van der Waals surface area contributed by atoms with Crippen LogP contribution in [0.5, 0.6) is 0 Å². The first-order valence-electron chi connectivity index (χ1n) is 5.86. The molecule has 0 aliphatic rings. The second-order valence-electron chi connectivity index (χ2n) is 4.26. The van der Waals surface area contributed by atoms with E-state index in [-0.39, 0.29) is 11.8 Å². The fourth-order valence-electron chi connectivity index (χ4n) is 1.70. The van der Waals surface area contributed by atoms with Gasteiger partial charge in [-0.15, -0.1) is 0 Å². The average Bonchev–Trinajstić information content (AvgIpc) is 2.33. The fourth-order valence-corrected chi connectivity index (χ4v) is 2.36. The maximum atomic E-state index is 11.0. The van der Waals surface area contributed by atoms with E-state index in [4.69, 9.17) is 5.26 Å². The highest BCUT2D eigenvalue weighted by atomic mass is 32.2. The number of nitriles is 1. The Morgan fingerprint density at radius 1 is 1.33 bits per heavy atom. The number of hydrogen-bond donors (Lipinski definition) is 1. The van der Waals surface area contributed by atoms with Crippen LogP contribution in [0.1, 0.15) is 24.4 Å². The number of benzene rings is 1. The molecule has 0 aliphatic heterocycles. The normalized spacial score (nSPS) is 12.9. The molecular formula is C13H18N2O2S. The lowest BCUT2D eigenvalue weighted by atomic mass is 10.0. The summed E-state index contributed by atoms with van der Waals surface area (Å²) < 4.78 is 22.0. The van der Waals surface area contributed by atoms with Crippen LogP contribution in [0.15, 0.2) is 30.3 Å². The molecule has 1 N–H and O–H groups in total. The van der Waals surface area contributed by atoms with Gasteiger partial charge in [-0.25, -0.2) is 8.42 Å². The third kappa shape index (κ3) is 5.80. The van der Waals surface area contributed by atoms with Crippen LogP contribution in [0.25, 0.3) is 0 Å². The number of hydrogen-bond acceptors (Lipinski definition) is 4. The molecule has 1 atom stereocenters. The van der Waals surface area contributed by atoms with Gasteiger partial charge >= 0.3 is 0 Å². The van der Waals surface area contributed by atoms with Crippen molar-refractivity contribution < 1.29 is 8.42 Å². The van der Waals surface area contributed by atoms with Crippen LogP contribution in [-0.4, -0.2) is 27.0 Å². The Labute approximate surface area is 109 Å². The summed E-state index contributed by atoms with van der Waals surface area (Å²) in [6.45, 7) is 0.592. The Kier molecular flexibility index (Phi) is 5.83. The van der Waals surface area contributed by atoms with Crippen LogP contribution >= 0.6 is 0 Å². The van der Waals surface area contributed by atoms with E-state index in [0.29, 0.717) is 19.4 Å². The molecule has 0 heterocycles. The molecule has 0 spiro atoms. The van der Waals surface area contributed by atoms with Crippen molar-refractivity contribution in [3.05, 3.63) is 35.9 Å². The predicted octanol–water partition coefficient (Wildman–Crippen LogP) is 1.67. The smallest absolute Gasteiger partial charge is 0.147 e. The Bertz CT molecular complexity index is 491. The summed E-state index contributed by atoms with van der Waals surface area (Å²) in [5.41, 5.74) is 1.05. The van der Waals surface area contributed by atoms with Gasteiger partial charge in [0.25, 0.3) is 0 Å². The molecule has 0 aliphatic carbocycles. The second-order valence-corrected chi connectivity index (χ2v) is 6.52. The van der Waals surface area contributed by atoms with Gasteiger partial charge < -0.3 is 5.32 Å². The Morgan fingerprint density at radius 3 is 2.56 bits per heavy atom. The molecule has 98 valence electrons. The van der Waals surface area contributed by atoms with Gasteiger partial charge in [-0.1, -0.05) is 30.3 Å². The zero-order chi connectivity index (χ0) is 13.4. The van der Waals surface area contributed by atoms with E-state index in [1.165, 1.54) is 6.26 Å². The highest BCUT2D eigenvalue weighted by Gasteiger charge is 2.10. The van der Waals surface area contributed by atoms with Gasteiger partial charge in [0.1, 0.15) is 9.84 Å². The average molecular weight is 266 g/mol. The first-order valence-corrected chi connectivity index (χ1v) is 7.92. The molecule has 0 amide bonds. The quantitative estimate of drug-likeness (QED) is 0.762. The van der Waals surface area contributed by atoms with E-state index >= 15 is 0 Å². The summed E-state index contributed by atoms with van der Waals surface area (Å²) in [6.07, 6.45) is 2.17. The van der Waals surface area contributed by atoms with E-state index in [0.717, 1.165) is 5.56 Å². The number of nitrogens with one attached hydrogen (secondary N) is 1. The first kappa shape index (κ1) is 14.7. The van der Waals surface area contributed by atoms with E-state index in [2.05, 4.69) is 11.4 Å². The SMILES string of the molecule is CS(=O)(=O)CCCNC(CC#N)c1ccccc1. The maximum Gasteiger partial charge on any atom is 0.147 e. The number of nitrogens with zero attached hydrogens (tertiary/aromatic N) is 1. The monoisotopic (exact) mass is 266 g/mol. The van der Waals surface area contributed by atoms with Gasteiger partial charge in [-0.3, -0.25) is 0 Å². The van der Waals surface area contributed by atoms with Crippen LogP contribution in [0.2, 0.25) is 0 Å². The lowest BCUT2D eigenvalue weighted by Gasteiger charge is -2.16. The van der Waals surface area contributed by atoms with Gasteiger partial charge in [0.15, 0.2) is 0 Å². The van der Waals surface area contributed by atoms with Crippen molar-refractivity contribution in [2.45, 2.75) is 18.9 Å². The molecule has 1 unspecified atom stereocenters. The molecule has 0 radical (unpaired) electrons. The lowest BCUT2D eigenvalue weighted by molar-refractivity contribution is 0.537. The molecule has 1 aromatic rings. The van der Waals surface area contributed by atoms with Gasteiger partial charge in [0.05, 0.1) is 18.2 Å². The molecule has 18 heavy (non-hydrogen) atoms. The maximum absolute atomic E-state index is 11.0. The summed E-state index contributed by atoms with van der Waals surface area (Å²) >= 11 is 0. The molecule has 0 bridgehead atoms. The molecule has 0 saturated carbocycles. The molecular weight excluding hydrogens is 248 g/mol. The van der Waals surface area contributed by atoms with Crippen LogP contribution in [0.3, 0.4) is 0 Å². The second kappa shape index (κ2) is 7.14. The number of rotatable bonds is 7. The lowest BCUT2D eigenvalue weighted by Crippen LogP contribution is -2.23. The third-order valence-corrected chi connectivity index (χ3v) is 3.61. The van der Waals surface area contributed by atoms with Crippen LogP contribution in [0, 0.1) is 11.3 Å². The van der Waals surface area contributed by atoms with Crippen molar-refractivity contribution in [3.8, 4) is 6.07 Å². The van der Waals surface area contributed by atoms with Crippen LogP contribution in [0.4, 0.5) is 0 Å². The minimum Gasteiger partial charge on any atom is -0.309 e. The topological polar surface area (TPSA) is 70.0 Å². The van der Waals surface area contributed by atoms with E-state index in [1.54, 1.807) is 0 Å². The van der Waals surface area contributed by atoms with Gasteiger partial charge in [-0.2, -0.15) is 5.26 Å². The molecule has 1 aromatic carbocycles. The van der Waals surface area contributed by atoms with Crippen molar-refractivity contribution in [3.63, 3.8) is 0 Å². The summed E-state index contributed by atoms with van der Waals surface area (Å²) in [4.78, 5) is 0. The molecule has 1 rings (SSSR count). The van der Waals surface area contributed by atoms with E-state index in [1.807, 2.05) is 30.3 Å². The van der Waals surface area contributed by atoms with Crippen molar-refractivity contribution in [1.82, 2.24) is 5.32 Å². The minimum absolute atomic E-state index is 0.0317. The Morgan fingerprint density at radius 2 is 2.00 bits per heavy atom. The van der Waals surface area contributed by atoms with Crippen molar-refractivity contribution in [1.29, 1.82) is 5.26 Å². The van der Waals surface area contributed by atoms with Crippen molar-refractivity contribution in [2.24, 2.45) is 0 Å². The van der Waals surface area contributed by atoms with Gasteiger partial charge in [0.2, 0.25) is 0 Å². The molecule has 5 heteroatoms. The highest BCUT2D eigenvalue weighted by Crippen LogP contribution is 2.15. The zero-order valence-electron chi connectivity index (χ0n) is 10.5. The Hall–Kier alpha value is -1.38. The van der Waals surface area contributed by atoms with Crippen molar-refractivity contribution >= 4 is 9.84 Å². The standard InChI is InChI=1S/C13H18N2O2S/c1-18(16,17)11-5-10-15-13(8-9-14)12-6-3-2-4-7-12/h2-4,6-7,13,15H,5,8,10-11H2,1H3. The predicted molar refractivity (Wildman–Crippen MR) is 71.7 cm³/mol. The van der Waals surface area contributed by atoms with Crippen LogP contribution < -0.4 is 5.32 Å². The zero-order valence-corrected chi connectivity index (χ0v) is 11.3. The summed E-state index contributed by atoms with van der Waals surface area (Å²) in [7, 11) is -2.90. The van der Waals surface area contributed by atoms with Gasteiger partial charge in [0, 0.05) is 12.3 Å². The van der Waals surface area contributed by atoms with Gasteiger partial charge in [-0.05, 0) is 18.5 Å². The summed E-state index contributed by atoms with van der Waals surface area (Å²) in [6, 6.07) is 11.8. The molecule has 4 nitrogen and oxygen atoms in total. The Balaban J connectivity index is 2.48. The number of sulfone groups is 1. The molecule has 0 aromatic heterocycles. The highest BCUT2D eigenvalue weighted by molar-refractivity contribution is 7.90.